The third-order valence-corrected chi connectivity index (χ3v) is 2.08. The van der Waals surface area contributed by atoms with Gasteiger partial charge in [-0.15, -0.1) is 0 Å². The van der Waals surface area contributed by atoms with Crippen LogP contribution in [0.2, 0.25) is 0 Å². The molecule has 0 spiro atoms. The van der Waals surface area contributed by atoms with E-state index in [2.05, 4.69) is 5.32 Å². The molecule has 0 bridgehead atoms. The average molecular weight is 247 g/mol. The Morgan fingerprint density at radius 3 is 2.50 bits per heavy atom. The summed E-state index contributed by atoms with van der Waals surface area (Å²) in [4.78, 5) is 22.6. The molecule has 1 rings (SSSR count). The molecule has 0 radical (unpaired) electrons. The number of esters is 1. The van der Waals surface area contributed by atoms with Gasteiger partial charge in [0.2, 0.25) is 0 Å². The second-order valence-electron chi connectivity index (χ2n) is 4.09. The van der Waals surface area contributed by atoms with Crippen molar-refractivity contribution in [1.82, 2.24) is 5.32 Å². The summed E-state index contributed by atoms with van der Waals surface area (Å²) < 4.78 is 4.78. The fraction of sp³-hybridized carbons (Fsp3) is 0.286. The summed E-state index contributed by atoms with van der Waals surface area (Å²) in [7, 11) is 0. The Hall–Kier alpha value is -2.10. The van der Waals surface area contributed by atoms with Crippen LogP contribution in [0.15, 0.2) is 42.0 Å². The standard InChI is InChI=1S/C14H17NO3/c1-11(2)8-14(17)18-10-13(16)15-9-12-6-4-3-5-7-12/h3-8H,9-10H2,1-2H3,(H,15,16). The highest BCUT2D eigenvalue weighted by molar-refractivity contribution is 5.86. The van der Waals surface area contributed by atoms with Gasteiger partial charge in [0.15, 0.2) is 6.61 Å². The molecule has 4 nitrogen and oxygen atoms in total. The van der Waals surface area contributed by atoms with E-state index in [1.165, 1.54) is 6.08 Å². The summed E-state index contributed by atoms with van der Waals surface area (Å²) in [6.45, 7) is 3.75. The van der Waals surface area contributed by atoms with Gasteiger partial charge >= 0.3 is 5.97 Å². The summed E-state index contributed by atoms with van der Waals surface area (Å²) >= 11 is 0. The maximum absolute atomic E-state index is 11.4. The van der Waals surface area contributed by atoms with Crippen molar-refractivity contribution in [2.45, 2.75) is 20.4 Å². The van der Waals surface area contributed by atoms with Gasteiger partial charge < -0.3 is 10.1 Å². The van der Waals surface area contributed by atoms with Crippen LogP contribution in [0.1, 0.15) is 19.4 Å². The predicted molar refractivity (Wildman–Crippen MR) is 68.7 cm³/mol. The number of nitrogens with one attached hydrogen (secondary N) is 1. The van der Waals surface area contributed by atoms with E-state index >= 15 is 0 Å². The van der Waals surface area contributed by atoms with Gasteiger partial charge in [0.1, 0.15) is 0 Å². The first-order valence-corrected chi connectivity index (χ1v) is 5.70. The minimum absolute atomic E-state index is 0.255. The minimum Gasteiger partial charge on any atom is -0.452 e. The summed E-state index contributed by atoms with van der Waals surface area (Å²) in [5, 5.41) is 2.67. The van der Waals surface area contributed by atoms with E-state index in [-0.39, 0.29) is 12.5 Å². The molecule has 0 saturated heterocycles. The van der Waals surface area contributed by atoms with Crippen LogP contribution in [-0.2, 0) is 20.9 Å². The Kier molecular flexibility index (Phi) is 5.64. The van der Waals surface area contributed by atoms with Crippen molar-refractivity contribution in [2.24, 2.45) is 0 Å². The molecule has 1 N–H and O–H groups in total. The van der Waals surface area contributed by atoms with Gasteiger partial charge in [-0.25, -0.2) is 4.79 Å². The number of ether oxygens (including phenoxy) is 1. The molecule has 0 aromatic heterocycles. The topological polar surface area (TPSA) is 55.4 Å². The zero-order valence-electron chi connectivity index (χ0n) is 10.6. The van der Waals surface area contributed by atoms with Crippen LogP contribution in [0.4, 0.5) is 0 Å². The molecular formula is C14H17NO3. The quantitative estimate of drug-likeness (QED) is 0.637. The van der Waals surface area contributed by atoms with Gasteiger partial charge in [-0.2, -0.15) is 0 Å². The Morgan fingerprint density at radius 1 is 1.22 bits per heavy atom. The molecular weight excluding hydrogens is 230 g/mol. The monoisotopic (exact) mass is 247 g/mol. The van der Waals surface area contributed by atoms with Crippen molar-refractivity contribution in [3.05, 3.63) is 47.5 Å². The highest BCUT2D eigenvalue weighted by Crippen LogP contribution is 1.97. The molecule has 96 valence electrons. The second-order valence-corrected chi connectivity index (χ2v) is 4.09. The third-order valence-electron chi connectivity index (χ3n) is 2.08. The van der Waals surface area contributed by atoms with Crippen molar-refractivity contribution in [1.29, 1.82) is 0 Å². The van der Waals surface area contributed by atoms with E-state index in [1.807, 2.05) is 30.3 Å². The molecule has 4 heteroatoms. The van der Waals surface area contributed by atoms with E-state index in [4.69, 9.17) is 4.74 Å². The number of benzene rings is 1. The molecule has 0 aliphatic heterocycles. The lowest BCUT2D eigenvalue weighted by Gasteiger charge is -2.05. The third kappa shape index (κ3) is 5.84. The first-order chi connectivity index (χ1) is 8.58. The van der Waals surface area contributed by atoms with E-state index in [1.54, 1.807) is 13.8 Å². The van der Waals surface area contributed by atoms with E-state index in [0.717, 1.165) is 11.1 Å². The fourth-order valence-electron chi connectivity index (χ4n) is 1.26. The summed E-state index contributed by atoms with van der Waals surface area (Å²) in [6.07, 6.45) is 1.35. The normalized spacial score (nSPS) is 9.44. The maximum Gasteiger partial charge on any atom is 0.331 e. The van der Waals surface area contributed by atoms with Crippen LogP contribution in [-0.4, -0.2) is 18.5 Å². The molecule has 0 fully saturated rings. The van der Waals surface area contributed by atoms with Gasteiger partial charge in [0.05, 0.1) is 0 Å². The van der Waals surface area contributed by atoms with Gasteiger partial charge in [0, 0.05) is 12.6 Å². The SMILES string of the molecule is CC(C)=CC(=O)OCC(=O)NCc1ccccc1. The van der Waals surface area contributed by atoms with Crippen LogP contribution < -0.4 is 5.32 Å². The Labute approximate surface area is 107 Å². The molecule has 0 unspecified atom stereocenters. The van der Waals surface area contributed by atoms with Gasteiger partial charge in [-0.3, -0.25) is 4.79 Å². The molecule has 1 aromatic rings. The molecule has 0 saturated carbocycles. The van der Waals surface area contributed by atoms with Crippen molar-refractivity contribution >= 4 is 11.9 Å². The predicted octanol–water partition coefficient (Wildman–Crippen LogP) is 1.81. The molecule has 1 amide bonds. The molecule has 1 aromatic carbocycles. The van der Waals surface area contributed by atoms with Crippen LogP contribution >= 0.6 is 0 Å². The lowest BCUT2D eigenvalue weighted by atomic mass is 10.2. The summed E-state index contributed by atoms with van der Waals surface area (Å²) in [5.74, 6) is -0.806. The Morgan fingerprint density at radius 2 is 1.89 bits per heavy atom. The zero-order valence-corrected chi connectivity index (χ0v) is 10.6. The van der Waals surface area contributed by atoms with Crippen LogP contribution in [0, 0.1) is 0 Å². The van der Waals surface area contributed by atoms with Crippen LogP contribution in [0.5, 0.6) is 0 Å². The summed E-state index contributed by atoms with van der Waals surface area (Å²) in [6, 6.07) is 9.53. The van der Waals surface area contributed by atoms with Gasteiger partial charge in [0.25, 0.3) is 5.91 Å². The number of carbonyl (C=O) groups excluding carboxylic acids is 2. The van der Waals surface area contributed by atoms with Crippen molar-refractivity contribution in [3.8, 4) is 0 Å². The smallest absolute Gasteiger partial charge is 0.331 e. The van der Waals surface area contributed by atoms with E-state index in [9.17, 15) is 9.59 Å². The van der Waals surface area contributed by atoms with Crippen molar-refractivity contribution in [3.63, 3.8) is 0 Å². The van der Waals surface area contributed by atoms with E-state index < -0.39 is 5.97 Å². The highest BCUT2D eigenvalue weighted by atomic mass is 16.5. The zero-order chi connectivity index (χ0) is 13.4. The molecule has 0 atom stereocenters. The number of allylic oxidation sites excluding steroid dienone is 1. The molecule has 0 aliphatic carbocycles. The Balaban J connectivity index is 2.26. The molecule has 0 aliphatic rings. The lowest BCUT2D eigenvalue weighted by molar-refractivity contribution is -0.143. The number of hydrogen-bond donors (Lipinski definition) is 1. The number of carbonyl (C=O) groups is 2. The van der Waals surface area contributed by atoms with Gasteiger partial charge in [-0.05, 0) is 19.4 Å². The second kappa shape index (κ2) is 7.27. The van der Waals surface area contributed by atoms with Crippen molar-refractivity contribution < 1.29 is 14.3 Å². The average Bonchev–Trinajstić information content (AvgIpc) is 2.34. The Bertz CT molecular complexity index is 434. The number of hydrogen-bond acceptors (Lipinski definition) is 3. The molecule has 18 heavy (non-hydrogen) atoms. The minimum atomic E-state index is -0.495. The van der Waals surface area contributed by atoms with Gasteiger partial charge in [-0.1, -0.05) is 35.9 Å². The molecule has 0 heterocycles. The van der Waals surface area contributed by atoms with Crippen molar-refractivity contribution in [2.75, 3.05) is 6.61 Å². The number of amides is 1. The first kappa shape index (κ1) is 14.0. The van der Waals surface area contributed by atoms with Crippen LogP contribution in [0.25, 0.3) is 0 Å². The number of rotatable bonds is 5. The van der Waals surface area contributed by atoms with E-state index in [0.29, 0.717) is 6.54 Å². The van der Waals surface area contributed by atoms with Crippen LogP contribution in [0.3, 0.4) is 0 Å². The first-order valence-electron chi connectivity index (χ1n) is 5.70. The maximum atomic E-state index is 11.4. The largest absolute Gasteiger partial charge is 0.452 e. The lowest BCUT2D eigenvalue weighted by Crippen LogP contribution is -2.28. The fourth-order valence-corrected chi connectivity index (χ4v) is 1.26. The highest BCUT2D eigenvalue weighted by Gasteiger charge is 2.04. The summed E-state index contributed by atoms with van der Waals surface area (Å²) in [5.41, 5.74) is 1.84.